The minimum absolute atomic E-state index is 0.0332. The normalized spacial score (nSPS) is 11.8. The molecule has 37 heavy (non-hydrogen) atoms. The van der Waals surface area contributed by atoms with Crippen LogP contribution in [0.15, 0.2) is 39.9 Å². The minimum Gasteiger partial charge on any atom is -0.481 e. The van der Waals surface area contributed by atoms with Gasteiger partial charge in [0.05, 0.1) is 20.4 Å². The maximum Gasteiger partial charge on any atom is 0.344 e. The highest BCUT2D eigenvalue weighted by Gasteiger charge is 2.24. The van der Waals surface area contributed by atoms with Gasteiger partial charge < -0.3 is 9.47 Å². The number of amides is 1. The number of benzene rings is 1. The molecule has 0 radical (unpaired) electrons. The number of hydroxylamine groups is 2. The van der Waals surface area contributed by atoms with Gasteiger partial charge in [-0.05, 0) is 66.0 Å². The zero-order valence-electron chi connectivity index (χ0n) is 21.9. The lowest BCUT2D eigenvalue weighted by Gasteiger charge is -2.26. The van der Waals surface area contributed by atoms with E-state index >= 15 is 0 Å². The van der Waals surface area contributed by atoms with E-state index in [0.29, 0.717) is 22.7 Å². The Morgan fingerprint density at radius 3 is 2.46 bits per heavy atom. The van der Waals surface area contributed by atoms with Gasteiger partial charge in [0, 0.05) is 16.5 Å². The second-order valence-electron chi connectivity index (χ2n) is 9.91. The van der Waals surface area contributed by atoms with Crippen LogP contribution in [0.5, 0.6) is 5.75 Å². The summed E-state index contributed by atoms with van der Waals surface area (Å²) in [7, 11) is 0. The standard InChI is InChI=1S/C26H31N3O5S3/c1-25(2,3)33-21(31)13-32-19-11-9-8-10-16(19)18-14-36-23(28-18)17-12-20(37-24(17)35-7)22(27)29(15-30)34-26(4,5)6/h8-12,14-15,27H,13H2,1-7H3. The maximum atomic E-state index is 12.1. The zero-order chi connectivity index (χ0) is 27.4. The molecule has 11 heteroatoms. The lowest BCUT2D eigenvalue weighted by Crippen LogP contribution is -2.37. The molecule has 8 nitrogen and oxygen atoms in total. The molecule has 1 amide bonds. The van der Waals surface area contributed by atoms with Crippen LogP contribution in [0.3, 0.4) is 0 Å². The van der Waals surface area contributed by atoms with E-state index in [1.54, 1.807) is 17.8 Å². The Morgan fingerprint density at radius 1 is 1.14 bits per heavy atom. The number of thiazole rings is 1. The molecule has 3 rings (SSSR count). The summed E-state index contributed by atoms with van der Waals surface area (Å²) in [6, 6.07) is 9.25. The van der Waals surface area contributed by atoms with Gasteiger partial charge in [-0.25, -0.2) is 9.78 Å². The van der Waals surface area contributed by atoms with Gasteiger partial charge >= 0.3 is 5.97 Å². The van der Waals surface area contributed by atoms with Gasteiger partial charge in [0.25, 0.3) is 0 Å². The Labute approximate surface area is 229 Å². The fourth-order valence-corrected chi connectivity index (χ4v) is 5.93. The number of nitrogens with zero attached hydrogens (tertiary/aromatic N) is 2. The number of para-hydroxylation sites is 1. The highest BCUT2D eigenvalue weighted by molar-refractivity contribution is 8.00. The minimum atomic E-state index is -0.626. The molecule has 0 saturated carbocycles. The zero-order valence-corrected chi connectivity index (χ0v) is 24.4. The van der Waals surface area contributed by atoms with Crippen molar-refractivity contribution in [3.63, 3.8) is 0 Å². The van der Waals surface area contributed by atoms with Crippen molar-refractivity contribution in [2.45, 2.75) is 57.0 Å². The van der Waals surface area contributed by atoms with Gasteiger partial charge in [-0.1, -0.05) is 12.1 Å². The van der Waals surface area contributed by atoms with Crippen LogP contribution in [0.4, 0.5) is 0 Å². The van der Waals surface area contributed by atoms with Crippen LogP contribution >= 0.6 is 34.4 Å². The lowest BCUT2D eigenvalue weighted by atomic mass is 10.1. The van der Waals surface area contributed by atoms with E-state index in [9.17, 15) is 9.59 Å². The van der Waals surface area contributed by atoms with Crippen LogP contribution in [0.25, 0.3) is 21.8 Å². The summed E-state index contributed by atoms with van der Waals surface area (Å²) in [5, 5.41) is 12.2. The molecular formula is C26H31N3O5S3. The summed E-state index contributed by atoms with van der Waals surface area (Å²) in [6.07, 6.45) is 2.46. The molecule has 2 heterocycles. The van der Waals surface area contributed by atoms with Gasteiger partial charge in [-0.15, -0.1) is 34.4 Å². The lowest BCUT2D eigenvalue weighted by molar-refractivity contribution is -0.183. The topological polar surface area (TPSA) is 102 Å². The first-order valence-corrected chi connectivity index (χ1v) is 14.3. The fourth-order valence-electron chi connectivity index (χ4n) is 3.15. The van der Waals surface area contributed by atoms with E-state index < -0.39 is 17.2 Å². The highest BCUT2D eigenvalue weighted by atomic mass is 32.2. The van der Waals surface area contributed by atoms with Gasteiger partial charge in [-0.3, -0.25) is 15.0 Å². The molecule has 198 valence electrons. The number of ether oxygens (including phenoxy) is 2. The van der Waals surface area contributed by atoms with Crippen molar-refractivity contribution in [2.24, 2.45) is 0 Å². The molecule has 0 spiro atoms. The molecule has 1 aromatic carbocycles. The predicted molar refractivity (Wildman–Crippen MR) is 150 cm³/mol. The average Bonchev–Trinajstić information content (AvgIpc) is 3.46. The fraction of sp³-hybridized carbons (Fsp3) is 0.385. The average molecular weight is 562 g/mol. The number of nitrogens with one attached hydrogen (secondary N) is 1. The number of carbonyl (C=O) groups is 2. The second kappa shape index (κ2) is 11.8. The van der Waals surface area contributed by atoms with Crippen LogP contribution in [0.1, 0.15) is 46.4 Å². The summed E-state index contributed by atoms with van der Waals surface area (Å²) in [4.78, 5) is 34.8. The van der Waals surface area contributed by atoms with E-state index in [2.05, 4.69) is 0 Å². The quantitative estimate of drug-likeness (QED) is 0.0795. The number of amidine groups is 1. The molecule has 0 aliphatic heterocycles. The Hall–Kier alpha value is -2.73. The van der Waals surface area contributed by atoms with Crippen molar-refractivity contribution in [2.75, 3.05) is 12.9 Å². The van der Waals surface area contributed by atoms with Crippen LogP contribution in [0, 0.1) is 5.41 Å². The van der Waals surface area contributed by atoms with Gasteiger partial charge in [0.2, 0.25) is 6.41 Å². The third kappa shape index (κ3) is 7.88. The van der Waals surface area contributed by atoms with E-state index in [-0.39, 0.29) is 12.4 Å². The maximum absolute atomic E-state index is 12.1. The molecule has 0 atom stereocenters. The molecule has 0 saturated heterocycles. The third-order valence-electron chi connectivity index (χ3n) is 4.47. The number of rotatable bonds is 9. The first kappa shape index (κ1) is 28.8. The SMILES string of the molecule is CSc1sc(C(=N)N(C=O)OC(C)(C)C)cc1-c1nc(-c2ccccc2OCC(=O)OC(C)(C)C)cs1. The van der Waals surface area contributed by atoms with Crippen LogP contribution in [0.2, 0.25) is 0 Å². The Bertz CT molecular complexity index is 1270. The number of thioether (sulfide) groups is 1. The highest BCUT2D eigenvalue weighted by Crippen LogP contribution is 2.41. The molecule has 0 aliphatic carbocycles. The van der Waals surface area contributed by atoms with Crippen molar-refractivity contribution >= 4 is 52.7 Å². The van der Waals surface area contributed by atoms with Crippen LogP contribution in [-0.4, -0.2) is 52.3 Å². The van der Waals surface area contributed by atoms with E-state index in [4.69, 9.17) is 24.7 Å². The second-order valence-corrected chi connectivity index (χ2v) is 12.9. The van der Waals surface area contributed by atoms with Crippen LogP contribution < -0.4 is 4.74 Å². The van der Waals surface area contributed by atoms with Gasteiger partial charge in [-0.2, -0.15) is 5.06 Å². The molecule has 0 unspecified atom stereocenters. The van der Waals surface area contributed by atoms with E-state index in [0.717, 1.165) is 25.4 Å². The smallest absolute Gasteiger partial charge is 0.344 e. The Balaban J connectivity index is 1.86. The molecule has 0 bridgehead atoms. The summed E-state index contributed by atoms with van der Waals surface area (Å²) < 4.78 is 12.1. The van der Waals surface area contributed by atoms with Crippen LogP contribution in [-0.2, 0) is 19.2 Å². The molecule has 3 aromatic rings. The number of hydrogen-bond donors (Lipinski definition) is 1. The van der Waals surface area contributed by atoms with E-state index in [1.165, 1.54) is 22.7 Å². The summed E-state index contributed by atoms with van der Waals surface area (Å²) in [5.41, 5.74) is 1.13. The molecular weight excluding hydrogens is 531 g/mol. The number of carbonyl (C=O) groups excluding carboxylic acids is 2. The molecule has 2 aromatic heterocycles. The van der Waals surface area contributed by atoms with E-state index in [1.807, 2.05) is 77.4 Å². The first-order valence-electron chi connectivity index (χ1n) is 11.4. The molecule has 0 fully saturated rings. The predicted octanol–water partition coefficient (Wildman–Crippen LogP) is 6.49. The third-order valence-corrected chi connectivity index (χ3v) is 7.62. The van der Waals surface area contributed by atoms with Crippen molar-refractivity contribution in [1.82, 2.24) is 10.0 Å². The summed E-state index contributed by atoms with van der Waals surface area (Å²) in [6.45, 7) is 10.7. The van der Waals surface area contributed by atoms with Crippen molar-refractivity contribution in [3.8, 4) is 27.6 Å². The van der Waals surface area contributed by atoms with Crippen molar-refractivity contribution < 1.29 is 23.9 Å². The largest absolute Gasteiger partial charge is 0.481 e. The molecule has 0 aliphatic rings. The monoisotopic (exact) mass is 561 g/mol. The number of thiophene rings is 1. The van der Waals surface area contributed by atoms with Gasteiger partial charge in [0.1, 0.15) is 16.4 Å². The molecule has 1 N–H and O–H groups in total. The Kier molecular flexibility index (Phi) is 9.17. The first-order chi connectivity index (χ1) is 17.3. The van der Waals surface area contributed by atoms with Crippen molar-refractivity contribution in [3.05, 3.63) is 40.6 Å². The summed E-state index contributed by atoms with van der Waals surface area (Å²) >= 11 is 4.42. The number of esters is 1. The van der Waals surface area contributed by atoms with Gasteiger partial charge in [0.15, 0.2) is 12.4 Å². The number of aromatic nitrogens is 1. The summed E-state index contributed by atoms with van der Waals surface area (Å²) in [5.74, 6) is 0.0529. The Morgan fingerprint density at radius 2 is 1.84 bits per heavy atom. The van der Waals surface area contributed by atoms with Crippen molar-refractivity contribution in [1.29, 1.82) is 5.41 Å². The number of hydrogen-bond acceptors (Lipinski definition) is 10.